The number of hydrogen-bond donors (Lipinski definition) is 1. The van der Waals surface area contributed by atoms with Crippen molar-refractivity contribution in [3.8, 4) is 6.07 Å². The lowest BCUT2D eigenvalue weighted by Crippen LogP contribution is -2.02. The molecule has 0 unspecified atom stereocenters. The number of anilines is 1. The number of hydrogen-bond acceptors (Lipinski definition) is 5. The second-order valence-corrected chi connectivity index (χ2v) is 5.51. The van der Waals surface area contributed by atoms with E-state index in [0.717, 1.165) is 28.2 Å². The van der Waals surface area contributed by atoms with Gasteiger partial charge >= 0.3 is 0 Å². The normalized spacial score (nSPS) is 10.3. The van der Waals surface area contributed by atoms with Gasteiger partial charge in [0.2, 0.25) is 0 Å². The molecule has 0 spiro atoms. The van der Waals surface area contributed by atoms with Crippen LogP contribution < -0.4 is 5.32 Å². The number of rotatable bonds is 8. The zero-order chi connectivity index (χ0) is 14.9. The highest BCUT2D eigenvalue weighted by molar-refractivity contribution is 7.10. The topological polar surface area (TPSA) is 54.3 Å². The van der Waals surface area contributed by atoms with E-state index >= 15 is 0 Å². The van der Waals surface area contributed by atoms with Crippen LogP contribution in [0.5, 0.6) is 0 Å². The number of ether oxygens (including phenoxy) is 2. The van der Waals surface area contributed by atoms with Crippen LogP contribution in [0.4, 0.5) is 5.69 Å². The number of nitrogens with one attached hydrogen (secondary N) is 1. The summed E-state index contributed by atoms with van der Waals surface area (Å²) in [5.41, 5.74) is 2.90. The highest BCUT2D eigenvalue weighted by Crippen LogP contribution is 2.17. The van der Waals surface area contributed by atoms with Gasteiger partial charge in [0.15, 0.2) is 0 Å². The van der Waals surface area contributed by atoms with Crippen LogP contribution in [0.1, 0.15) is 16.0 Å². The van der Waals surface area contributed by atoms with Crippen molar-refractivity contribution in [2.45, 2.75) is 13.2 Å². The fourth-order valence-corrected chi connectivity index (χ4v) is 2.57. The molecule has 0 aliphatic carbocycles. The fourth-order valence-electron chi connectivity index (χ4n) is 1.82. The number of benzene rings is 1. The van der Waals surface area contributed by atoms with Gasteiger partial charge in [-0.15, -0.1) is 11.3 Å². The number of nitriles is 1. The summed E-state index contributed by atoms with van der Waals surface area (Å²) in [4.78, 5) is 1.15. The van der Waals surface area contributed by atoms with Crippen molar-refractivity contribution in [2.75, 3.05) is 25.6 Å². The molecule has 0 saturated heterocycles. The van der Waals surface area contributed by atoms with E-state index < -0.39 is 0 Å². The first-order valence-electron chi connectivity index (χ1n) is 6.69. The molecule has 110 valence electrons. The molecule has 0 aliphatic heterocycles. The first-order chi connectivity index (χ1) is 10.3. The van der Waals surface area contributed by atoms with Crippen molar-refractivity contribution in [2.24, 2.45) is 0 Å². The monoisotopic (exact) mass is 302 g/mol. The Bertz CT molecular complexity index is 604. The lowest BCUT2D eigenvalue weighted by Gasteiger charge is -2.08. The quantitative estimate of drug-likeness (QED) is 0.759. The maximum Gasteiger partial charge on any atom is 0.100 e. The Morgan fingerprint density at radius 3 is 2.95 bits per heavy atom. The van der Waals surface area contributed by atoms with E-state index in [1.807, 2.05) is 29.6 Å². The molecule has 2 rings (SSSR count). The maximum atomic E-state index is 8.81. The molecule has 1 aromatic heterocycles. The van der Waals surface area contributed by atoms with Crippen molar-refractivity contribution in [1.82, 2.24) is 0 Å². The molecule has 1 N–H and O–H groups in total. The third-order valence-corrected chi connectivity index (χ3v) is 3.81. The van der Waals surface area contributed by atoms with Crippen LogP contribution >= 0.6 is 11.3 Å². The summed E-state index contributed by atoms with van der Waals surface area (Å²) in [7, 11) is 1.66. The molecule has 0 fully saturated rings. The minimum absolute atomic E-state index is 0.580. The average molecular weight is 302 g/mol. The molecular formula is C16H18N2O2S. The Morgan fingerprint density at radius 2 is 2.19 bits per heavy atom. The standard InChI is InChI=1S/C16H18N2O2S/c1-19-5-6-20-11-13-3-2-4-15(7-13)18-10-16-8-14(9-17)12-21-16/h2-4,7-8,12,18H,5-6,10-11H2,1H3. The van der Waals surface area contributed by atoms with Crippen LogP contribution in [0.15, 0.2) is 35.7 Å². The summed E-state index contributed by atoms with van der Waals surface area (Å²) in [6, 6.07) is 12.2. The van der Waals surface area contributed by atoms with Crippen LogP contribution in [0.2, 0.25) is 0 Å². The Morgan fingerprint density at radius 1 is 1.29 bits per heavy atom. The highest BCUT2D eigenvalue weighted by Gasteiger charge is 2.00. The number of methoxy groups -OCH3 is 1. The van der Waals surface area contributed by atoms with E-state index in [0.29, 0.717) is 19.8 Å². The highest BCUT2D eigenvalue weighted by atomic mass is 32.1. The van der Waals surface area contributed by atoms with Gasteiger partial charge in [-0.1, -0.05) is 12.1 Å². The molecule has 2 aromatic rings. The second-order valence-electron chi connectivity index (χ2n) is 4.51. The van der Waals surface area contributed by atoms with E-state index in [2.05, 4.69) is 17.5 Å². The fraction of sp³-hybridized carbons (Fsp3) is 0.312. The Hall–Kier alpha value is -1.87. The first kappa shape index (κ1) is 15.5. The predicted molar refractivity (Wildman–Crippen MR) is 84.3 cm³/mol. The summed E-state index contributed by atoms with van der Waals surface area (Å²) in [5, 5.41) is 14.0. The van der Waals surface area contributed by atoms with Gasteiger partial charge in [0.05, 0.1) is 25.4 Å². The zero-order valence-corrected chi connectivity index (χ0v) is 12.8. The van der Waals surface area contributed by atoms with Gasteiger partial charge in [0, 0.05) is 29.6 Å². The predicted octanol–water partition coefficient (Wildman–Crippen LogP) is 3.39. The lowest BCUT2D eigenvalue weighted by molar-refractivity contribution is 0.0617. The molecule has 0 aliphatic rings. The second kappa shape index (κ2) is 8.42. The molecule has 0 amide bonds. The first-order valence-corrected chi connectivity index (χ1v) is 7.57. The van der Waals surface area contributed by atoms with Crippen LogP contribution in [0.25, 0.3) is 0 Å². The summed E-state index contributed by atoms with van der Waals surface area (Å²) >= 11 is 1.59. The van der Waals surface area contributed by atoms with E-state index in [1.165, 1.54) is 0 Å². The van der Waals surface area contributed by atoms with Crippen LogP contribution in [0.3, 0.4) is 0 Å². The minimum Gasteiger partial charge on any atom is -0.382 e. The molecule has 5 heteroatoms. The third-order valence-electron chi connectivity index (χ3n) is 2.88. The van der Waals surface area contributed by atoms with Gasteiger partial charge in [-0.05, 0) is 23.8 Å². The van der Waals surface area contributed by atoms with Gasteiger partial charge in [-0.3, -0.25) is 0 Å². The number of nitrogens with zero attached hydrogens (tertiary/aromatic N) is 1. The van der Waals surface area contributed by atoms with E-state index in [4.69, 9.17) is 14.7 Å². The van der Waals surface area contributed by atoms with E-state index in [-0.39, 0.29) is 0 Å². The summed E-state index contributed by atoms with van der Waals surface area (Å²) in [6.07, 6.45) is 0. The zero-order valence-electron chi connectivity index (χ0n) is 12.0. The van der Waals surface area contributed by atoms with E-state index in [9.17, 15) is 0 Å². The summed E-state index contributed by atoms with van der Waals surface area (Å²) in [6.45, 7) is 2.51. The molecule has 0 saturated carbocycles. The van der Waals surface area contributed by atoms with Crippen LogP contribution in [-0.2, 0) is 22.6 Å². The molecule has 4 nitrogen and oxygen atoms in total. The maximum absolute atomic E-state index is 8.81. The summed E-state index contributed by atoms with van der Waals surface area (Å²) in [5.74, 6) is 0. The van der Waals surface area contributed by atoms with Gasteiger partial charge in [-0.2, -0.15) is 5.26 Å². The van der Waals surface area contributed by atoms with Crippen molar-refractivity contribution >= 4 is 17.0 Å². The molecule has 0 radical (unpaired) electrons. The Labute approximate surface area is 128 Å². The van der Waals surface area contributed by atoms with Crippen LogP contribution in [0, 0.1) is 11.3 Å². The molecule has 0 bridgehead atoms. The van der Waals surface area contributed by atoms with E-state index in [1.54, 1.807) is 18.4 Å². The number of thiophene rings is 1. The van der Waals surface area contributed by atoms with Crippen molar-refractivity contribution in [3.63, 3.8) is 0 Å². The average Bonchev–Trinajstić information content (AvgIpc) is 2.98. The SMILES string of the molecule is COCCOCc1cccc(NCc2cc(C#N)cs2)c1. The Balaban J connectivity index is 1.84. The molecule has 1 aromatic carbocycles. The van der Waals surface area contributed by atoms with Crippen LogP contribution in [-0.4, -0.2) is 20.3 Å². The third kappa shape index (κ3) is 5.20. The molecule has 1 heterocycles. The minimum atomic E-state index is 0.580. The Kier molecular flexibility index (Phi) is 6.22. The van der Waals surface area contributed by atoms with Crippen molar-refractivity contribution in [3.05, 3.63) is 51.7 Å². The van der Waals surface area contributed by atoms with Crippen molar-refractivity contribution < 1.29 is 9.47 Å². The molecule has 0 atom stereocenters. The smallest absolute Gasteiger partial charge is 0.100 e. The van der Waals surface area contributed by atoms with Gasteiger partial charge < -0.3 is 14.8 Å². The van der Waals surface area contributed by atoms with Gasteiger partial charge in [0.1, 0.15) is 6.07 Å². The lowest BCUT2D eigenvalue weighted by atomic mass is 10.2. The molecular weight excluding hydrogens is 284 g/mol. The van der Waals surface area contributed by atoms with Gasteiger partial charge in [-0.25, -0.2) is 0 Å². The van der Waals surface area contributed by atoms with Gasteiger partial charge in [0.25, 0.3) is 0 Å². The molecule has 21 heavy (non-hydrogen) atoms. The van der Waals surface area contributed by atoms with Crippen molar-refractivity contribution in [1.29, 1.82) is 5.26 Å². The summed E-state index contributed by atoms with van der Waals surface area (Å²) < 4.78 is 10.5. The largest absolute Gasteiger partial charge is 0.382 e.